The Morgan fingerprint density at radius 2 is 2.27 bits per heavy atom. The van der Waals surface area contributed by atoms with E-state index >= 15 is 0 Å². The van der Waals surface area contributed by atoms with Gasteiger partial charge in [0.2, 0.25) is 0 Å². The molecule has 3 nitrogen and oxygen atoms in total. The summed E-state index contributed by atoms with van der Waals surface area (Å²) >= 11 is 0. The van der Waals surface area contributed by atoms with E-state index in [1.54, 1.807) is 0 Å². The third-order valence-electron chi connectivity index (χ3n) is 2.19. The number of carbonyl (C=O) groups is 1. The van der Waals surface area contributed by atoms with Crippen molar-refractivity contribution >= 4 is 18.4 Å². The summed E-state index contributed by atoms with van der Waals surface area (Å²) in [5, 5.41) is 3.08. The molecule has 1 atom stereocenters. The summed E-state index contributed by atoms with van der Waals surface area (Å²) in [5.41, 5.74) is -0.339. The normalized spacial score (nSPS) is 28.2. The fourth-order valence-corrected chi connectivity index (χ4v) is 1.24. The highest BCUT2D eigenvalue weighted by molar-refractivity contribution is 5.85. The van der Waals surface area contributed by atoms with Crippen molar-refractivity contribution in [2.75, 3.05) is 13.7 Å². The molecule has 66 valence electrons. The average molecular weight is 180 g/mol. The summed E-state index contributed by atoms with van der Waals surface area (Å²) in [4.78, 5) is 11.1. The standard InChI is InChI=1S/C7H13NO2.ClH/c1-3-7(4-5-8-7)6(9)10-2;/h8H,3-5H2,1-2H3;1H. The largest absolute Gasteiger partial charge is 0.468 e. The van der Waals surface area contributed by atoms with Crippen molar-refractivity contribution in [1.82, 2.24) is 5.32 Å². The van der Waals surface area contributed by atoms with Crippen molar-refractivity contribution in [3.05, 3.63) is 0 Å². The van der Waals surface area contributed by atoms with Gasteiger partial charge in [-0.2, -0.15) is 0 Å². The Morgan fingerprint density at radius 1 is 1.73 bits per heavy atom. The maximum atomic E-state index is 11.1. The molecule has 0 spiro atoms. The van der Waals surface area contributed by atoms with Gasteiger partial charge in [-0.25, -0.2) is 0 Å². The van der Waals surface area contributed by atoms with Crippen LogP contribution in [0.1, 0.15) is 19.8 Å². The zero-order valence-corrected chi connectivity index (χ0v) is 7.66. The summed E-state index contributed by atoms with van der Waals surface area (Å²) in [6.07, 6.45) is 1.73. The molecule has 0 saturated carbocycles. The summed E-state index contributed by atoms with van der Waals surface area (Å²) in [6, 6.07) is 0. The second-order valence-electron chi connectivity index (χ2n) is 2.60. The first-order valence-corrected chi connectivity index (χ1v) is 3.58. The lowest BCUT2D eigenvalue weighted by atomic mass is 9.85. The van der Waals surface area contributed by atoms with Crippen LogP contribution in [0.4, 0.5) is 0 Å². The van der Waals surface area contributed by atoms with E-state index in [0.717, 1.165) is 19.4 Å². The summed E-state index contributed by atoms with van der Waals surface area (Å²) in [5.74, 6) is -0.124. The van der Waals surface area contributed by atoms with E-state index in [0.29, 0.717) is 0 Å². The van der Waals surface area contributed by atoms with Gasteiger partial charge < -0.3 is 10.1 Å². The van der Waals surface area contributed by atoms with Crippen LogP contribution in [0.3, 0.4) is 0 Å². The highest BCUT2D eigenvalue weighted by Crippen LogP contribution is 2.23. The number of ether oxygens (including phenoxy) is 1. The average Bonchev–Trinajstić information content (AvgIpc) is 1.86. The SMILES string of the molecule is CCC1(C(=O)OC)CCN1.Cl. The van der Waals surface area contributed by atoms with Crippen LogP contribution in [0.5, 0.6) is 0 Å². The molecule has 0 aromatic heterocycles. The molecule has 1 aliphatic rings. The number of hydrogen-bond acceptors (Lipinski definition) is 3. The van der Waals surface area contributed by atoms with E-state index in [1.165, 1.54) is 7.11 Å². The molecule has 0 aliphatic carbocycles. The molecular formula is C7H14ClNO2. The molecule has 1 heterocycles. The second-order valence-corrected chi connectivity index (χ2v) is 2.60. The zero-order valence-electron chi connectivity index (χ0n) is 6.85. The van der Waals surface area contributed by atoms with Crippen molar-refractivity contribution in [3.63, 3.8) is 0 Å². The van der Waals surface area contributed by atoms with E-state index in [2.05, 4.69) is 10.1 Å². The lowest BCUT2D eigenvalue weighted by molar-refractivity contribution is -0.152. The highest BCUT2D eigenvalue weighted by Gasteiger charge is 2.42. The second kappa shape index (κ2) is 3.93. The van der Waals surface area contributed by atoms with Crippen molar-refractivity contribution < 1.29 is 9.53 Å². The molecule has 1 fully saturated rings. The van der Waals surface area contributed by atoms with Crippen molar-refractivity contribution in [2.45, 2.75) is 25.3 Å². The van der Waals surface area contributed by atoms with Gasteiger partial charge in [-0.05, 0) is 19.4 Å². The van der Waals surface area contributed by atoms with Gasteiger partial charge in [0.1, 0.15) is 5.54 Å². The number of halogens is 1. The fraction of sp³-hybridized carbons (Fsp3) is 0.857. The van der Waals surface area contributed by atoms with Crippen LogP contribution in [0.15, 0.2) is 0 Å². The number of esters is 1. The van der Waals surface area contributed by atoms with Gasteiger partial charge in [-0.1, -0.05) is 6.92 Å². The Bertz CT molecular complexity index is 140. The molecule has 1 aliphatic heterocycles. The maximum Gasteiger partial charge on any atom is 0.326 e. The zero-order chi connectivity index (χ0) is 7.61. The third-order valence-corrected chi connectivity index (χ3v) is 2.19. The third kappa shape index (κ3) is 1.65. The molecule has 0 aromatic carbocycles. The van der Waals surface area contributed by atoms with Gasteiger partial charge >= 0.3 is 5.97 Å². The topological polar surface area (TPSA) is 38.3 Å². The number of nitrogens with one attached hydrogen (secondary N) is 1. The van der Waals surface area contributed by atoms with Gasteiger partial charge in [-0.3, -0.25) is 4.79 Å². The first-order valence-electron chi connectivity index (χ1n) is 3.58. The Balaban J connectivity index is 0.000001000. The first-order chi connectivity index (χ1) is 4.75. The minimum Gasteiger partial charge on any atom is -0.468 e. The van der Waals surface area contributed by atoms with Crippen LogP contribution in [0.2, 0.25) is 0 Å². The minimum atomic E-state index is -0.339. The molecule has 1 unspecified atom stereocenters. The number of methoxy groups -OCH3 is 1. The molecule has 1 saturated heterocycles. The molecule has 0 radical (unpaired) electrons. The predicted octanol–water partition coefficient (Wildman–Crippen LogP) is 0.723. The highest BCUT2D eigenvalue weighted by atomic mass is 35.5. The summed E-state index contributed by atoms with van der Waals surface area (Å²) in [7, 11) is 1.43. The molecule has 1 rings (SSSR count). The van der Waals surface area contributed by atoms with E-state index in [-0.39, 0.29) is 23.9 Å². The van der Waals surface area contributed by atoms with Crippen LogP contribution in [0.25, 0.3) is 0 Å². The number of hydrogen-bond donors (Lipinski definition) is 1. The molecule has 4 heteroatoms. The minimum absolute atomic E-state index is 0. The van der Waals surface area contributed by atoms with E-state index in [4.69, 9.17) is 0 Å². The van der Waals surface area contributed by atoms with Crippen LogP contribution in [-0.2, 0) is 9.53 Å². The van der Waals surface area contributed by atoms with Crippen LogP contribution in [0, 0.1) is 0 Å². The van der Waals surface area contributed by atoms with E-state index in [9.17, 15) is 4.79 Å². The molecule has 1 N–H and O–H groups in total. The summed E-state index contributed by atoms with van der Waals surface area (Å²) < 4.78 is 4.65. The van der Waals surface area contributed by atoms with Crippen LogP contribution in [-0.4, -0.2) is 25.2 Å². The molecule has 0 bridgehead atoms. The van der Waals surface area contributed by atoms with Crippen LogP contribution < -0.4 is 5.32 Å². The van der Waals surface area contributed by atoms with Crippen molar-refractivity contribution in [1.29, 1.82) is 0 Å². The maximum absolute atomic E-state index is 11.1. The number of rotatable bonds is 2. The van der Waals surface area contributed by atoms with Crippen molar-refractivity contribution in [2.24, 2.45) is 0 Å². The number of carbonyl (C=O) groups excluding carboxylic acids is 1. The lowest BCUT2D eigenvalue weighted by Crippen LogP contribution is -2.62. The van der Waals surface area contributed by atoms with Crippen LogP contribution >= 0.6 is 12.4 Å². The lowest BCUT2D eigenvalue weighted by Gasteiger charge is -2.39. The van der Waals surface area contributed by atoms with Gasteiger partial charge in [0.15, 0.2) is 0 Å². The first kappa shape index (κ1) is 10.7. The van der Waals surface area contributed by atoms with E-state index in [1.807, 2.05) is 6.92 Å². The Hall–Kier alpha value is -0.280. The van der Waals surface area contributed by atoms with Gasteiger partial charge in [0, 0.05) is 0 Å². The molecule has 0 amide bonds. The monoisotopic (exact) mass is 179 g/mol. The summed E-state index contributed by atoms with van der Waals surface area (Å²) in [6.45, 7) is 2.92. The van der Waals surface area contributed by atoms with Gasteiger partial charge in [-0.15, -0.1) is 12.4 Å². The van der Waals surface area contributed by atoms with E-state index < -0.39 is 0 Å². The smallest absolute Gasteiger partial charge is 0.326 e. The van der Waals surface area contributed by atoms with Gasteiger partial charge in [0.05, 0.1) is 7.11 Å². The molecular weight excluding hydrogens is 166 g/mol. The van der Waals surface area contributed by atoms with Gasteiger partial charge in [0.25, 0.3) is 0 Å². The quantitative estimate of drug-likeness (QED) is 0.635. The Labute approximate surface area is 72.9 Å². The Kier molecular flexibility index (Phi) is 3.83. The Morgan fingerprint density at radius 3 is 2.36 bits per heavy atom. The fourth-order valence-electron chi connectivity index (χ4n) is 1.24. The van der Waals surface area contributed by atoms with Crippen molar-refractivity contribution in [3.8, 4) is 0 Å². The molecule has 0 aromatic rings. The molecule has 11 heavy (non-hydrogen) atoms. The predicted molar refractivity (Wildman–Crippen MR) is 44.9 cm³/mol.